The van der Waals surface area contributed by atoms with E-state index in [0.717, 1.165) is 29.7 Å². The zero-order valence-corrected chi connectivity index (χ0v) is 20.1. The summed E-state index contributed by atoms with van der Waals surface area (Å²) in [5, 5.41) is 10.1. The van der Waals surface area contributed by atoms with E-state index >= 15 is 0 Å². The Morgan fingerprint density at radius 2 is 1.97 bits per heavy atom. The van der Waals surface area contributed by atoms with Gasteiger partial charge in [-0.1, -0.05) is 6.92 Å². The van der Waals surface area contributed by atoms with Gasteiger partial charge >= 0.3 is 6.18 Å². The number of alkyl halides is 3. The van der Waals surface area contributed by atoms with E-state index in [2.05, 4.69) is 36.6 Å². The standard InChI is InChI=1S/C21H23BrF3N7O2/c1-3-15-17(30-8-6-26-7-9-30)18(34)32-20(28-19(22)29-32)31(15)11-16(33)27-14-5-4-13(10-12(14)2)21(23,24)25/h4-5,10,26H,3,6-9,11H2,1-2H3,(H,27,33). The highest BCUT2D eigenvalue weighted by atomic mass is 79.9. The van der Waals surface area contributed by atoms with Gasteiger partial charge in [0.25, 0.3) is 5.56 Å². The number of anilines is 2. The monoisotopic (exact) mass is 541 g/mol. The molecule has 0 bridgehead atoms. The normalized spacial score (nSPS) is 14.6. The Kier molecular flexibility index (Phi) is 6.67. The second kappa shape index (κ2) is 9.37. The summed E-state index contributed by atoms with van der Waals surface area (Å²) in [5.41, 5.74) is 0.564. The molecule has 0 unspecified atom stereocenters. The van der Waals surface area contributed by atoms with Crippen LogP contribution in [-0.4, -0.2) is 51.3 Å². The van der Waals surface area contributed by atoms with Crippen molar-refractivity contribution in [1.29, 1.82) is 0 Å². The van der Waals surface area contributed by atoms with E-state index in [0.29, 0.717) is 30.9 Å². The van der Waals surface area contributed by atoms with Gasteiger partial charge < -0.3 is 20.1 Å². The van der Waals surface area contributed by atoms with E-state index in [4.69, 9.17) is 0 Å². The lowest BCUT2D eigenvalue weighted by atomic mass is 10.1. The van der Waals surface area contributed by atoms with Crippen molar-refractivity contribution in [3.63, 3.8) is 0 Å². The Labute approximate surface area is 201 Å². The molecule has 0 atom stereocenters. The minimum absolute atomic E-state index is 0.197. The Balaban J connectivity index is 1.72. The highest BCUT2D eigenvalue weighted by molar-refractivity contribution is 9.10. The summed E-state index contributed by atoms with van der Waals surface area (Å²) in [6.07, 6.45) is -4.01. The molecule has 2 N–H and O–H groups in total. The number of nitrogens with zero attached hydrogens (tertiary/aromatic N) is 5. The van der Waals surface area contributed by atoms with E-state index in [1.165, 1.54) is 13.0 Å². The zero-order chi connectivity index (χ0) is 24.6. The Bertz CT molecular complexity index is 1300. The summed E-state index contributed by atoms with van der Waals surface area (Å²) in [5.74, 6) is -0.264. The van der Waals surface area contributed by atoms with Crippen molar-refractivity contribution < 1.29 is 18.0 Å². The number of carbonyl (C=O) groups excluding carboxylic acids is 1. The number of piperazine rings is 1. The molecule has 1 aliphatic rings. The number of rotatable bonds is 5. The number of halogens is 4. The molecule has 0 spiro atoms. The van der Waals surface area contributed by atoms with Gasteiger partial charge in [0.1, 0.15) is 12.2 Å². The van der Waals surface area contributed by atoms with E-state index in [1.807, 2.05) is 11.8 Å². The van der Waals surface area contributed by atoms with Crippen LogP contribution in [0, 0.1) is 6.92 Å². The SMILES string of the molecule is CCc1c(N2CCNCC2)c(=O)n2nc(Br)nc2n1CC(=O)Nc1ccc(C(F)(F)F)cc1C. The largest absolute Gasteiger partial charge is 0.416 e. The van der Waals surface area contributed by atoms with Crippen LogP contribution in [0.3, 0.4) is 0 Å². The maximum atomic E-state index is 13.3. The minimum Gasteiger partial charge on any atom is -0.363 e. The van der Waals surface area contributed by atoms with E-state index < -0.39 is 17.6 Å². The zero-order valence-electron chi connectivity index (χ0n) is 18.5. The first-order valence-electron chi connectivity index (χ1n) is 10.7. The van der Waals surface area contributed by atoms with Crippen LogP contribution in [0.2, 0.25) is 0 Å². The fraction of sp³-hybridized carbons (Fsp3) is 0.429. The summed E-state index contributed by atoms with van der Waals surface area (Å²) >= 11 is 3.20. The molecule has 13 heteroatoms. The minimum atomic E-state index is -4.47. The van der Waals surface area contributed by atoms with Crippen LogP contribution in [0.4, 0.5) is 24.5 Å². The van der Waals surface area contributed by atoms with Crippen molar-refractivity contribution in [2.24, 2.45) is 0 Å². The number of benzene rings is 1. The molecule has 3 aromatic rings. The summed E-state index contributed by atoms with van der Waals surface area (Å²) in [7, 11) is 0. The van der Waals surface area contributed by atoms with Gasteiger partial charge in [-0.15, -0.1) is 5.10 Å². The third-order valence-corrected chi connectivity index (χ3v) is 6.03. The van der Waals surface area contributed by atoms with Crippen LogP contribution in [0.1, 0.15) is 23.7 Å². The van der Waals surface area contributed by atoms with Crippen LogP contribution >= 0.6 is 15.9 Å². The average Bonchev–Trinajstić information content (AvgIpc) is 3.18. The summed E-state index contributed by atoms with van der Waals surface area (Å²) < 4.78 is 41.9. The van der Waals surface area contributed by atoms with E-state index in [1.54, 1.807) is 4.57 Å². The number of hydrogen-bond acceptors (Lipinski definition) is 6. The van der Waals surface area contributed by atoms with Crippen molar-refractivity contribution >= 4 is 39.0 Å². The number of fused-ring (bicyclic) bond motifs is 1. The second-order valence-electron chi connectivity index (χ2n) is 7.95. The van der Waals surface area contributed by atoms with Crippen molar-refractivity contribution in [3.05, 3.63) is 50.1 Å². The molecule has 0 radical (unpaired) electrons. The highest BCUT2D eigenvalue weighted by Crippen LogP contribution is 2.31. The quantitative estimate of drug-likeness (QED) is 0.515. The molecule has 2 aromatic heterocycles. The molecule has 1 saturated heterocycles. The number of nitrogens with one attached hydrogen (secondary N) is 2. The van der Waals surface area contributed by atoms with E-state index in [9.17, 15) is 22.8 Å². The van der Waals surface area contributed by atoms with Crippen LogP contribution < -0.4 is 21.1 Å². The Morgan fingerprint density at radius 3 is 2.59 bits per heavy atom. The molecule has 9 nitrogen and oxygen atoms in total. The topological polar surface area (TPSA) is 96.6 Å². The molecular weight excluding hydrogens is 519 g/mol. The summed E-state index contributed by atoms with van der Waals surface area (Å²) in [6, 6.07) is 3.15. The van der Waals surface area contributed by atoms with E-state index in [-0.39, 0.29) is 33.9 Å². The first-order valence-corrected chi connectivity index (χ1v) is 11.5. The lowest BCUT2D eigenvalue weighted by Crippen LogP contribution is -2.47. The molecule has 3 heterocycles. The predicted molar refractivity (Wildman–Crippen MR) is 124 cm³/mol. The summed E-state index contributed by atoms with van der Waals surface area (Å²) in [6.45, 7) is 5.87. The smallest absolute Gasteiger partial charge is 0.363 e. The molecule has 34 heavy (non-hydrogen) atoms. The predicted octanol–water partition coefficient (Wildman–Crippen LogP) is 2.59. The molecule has 182 valence electrons. The number of aryl methyl sites for hydroxylation is 1. The first-order chi connectivity index (χ1) is 16.1. The van der Waals surface area contributed by atoms with Crippen LogP contribution in [0.25, 0.3) is 5.78 Å². The Morgan fingerprint density at radius 1 is 1.26 bits per heavy atom. The molecule has 1 aliphatic heterocycles. The molecule has 0 saturated carbocycles. The molecule has 0 aliphatic carbocycles. The second-order valence-corrected chi connectivity index (χ2v) is 8.65. The van der Waals surface area contributed by atoms with Gasteiger partial charge in [0.2, 0.25) is 16.4 Å². The highest BCUT2D eigenvalue weighted by Gasteiger charge is 2.31. The first kappa shape index (κ1) is 24.2. The Hall–Kier alpha value is -2.93. The van der Waals surface area contributed by atoms with Gasteiger partial charge in [-0.05, 0) is 53.0 Å². The lowest BCUT2D eigenvalue weighted by Gasteiger charge is -2.31. The van der Waals surface area contributed by atoms with Gasteiger partial charge in [0, 0.05) is 31.9 Å². The average molecular weight is 542 g/mol. The maximum Gasteiger partial charge on any atom is 0.416 e. The third-order valence-electron chi connectivity index (χ3n) is 5.70. The molecule has 4 rings (SSSR count). The van der Waals surface area contributed by atoms with Crippen molar-refractivity contribution in [1.82, 2.24) is 24.5 Å². The third kappa shape index (κ3) is 4.67. The fourth-order valence-electron chi connectivity index (χ4n) is 4.11. The fourth-order valence-corrected chi connectivity index (χ4v) is 4.42. The van der Waals surface area contributed by atoms with Crippen LogP contribution in [-0.2, 0) is 23.9 Å². The number of carbonyl (C=O) groups is 1. The van der Waals surface area contributed by atoms with Crippen molar-refractivity contribution in [3.8, 4) is 0 Å². The number of aromatic nitrogens is 4. The van der Waals surface area contributed by atoms with Crippen LogP contribution in [0.15, 0.2) is 27.7 Å². The van der Waals surface area contributed by atoms with Gasteiger partial charge in [-0.2, -0.15) is 22.7 Å². The van der Waals surface area contributed by atoms with Gasteiger partial charge in [-0.25, -0.2) is 0 Å². The number of amides is 1. The van der Waals surface area contributed by atoms with Gasteiger partial charge in [0.15, 0.2) is 0 Å². The molecule has 1 fully saturated rings. The van der Waals surface area contributed by atoms with Gasteiger partial charge in [-0.3, -0.25) is 9.59 Å². The van der Waals surface area contributed by atoms with Crippen molar-refractivity contribution in [2.45, 2.75) is 33.0 Å². The molecule has 1 amide bonds. The maximum absolute atomic E-state index is 13.3. The number of hydrogen-bond donors (Lipinski definition) is 2. The van der Waals surface area contributed by atoms with Crippen LogP contribution in [0.5, 0.6) is 0 Å². The molecular formula is C21H23BrF3N7O2. The lowest BCUT2D eigenvalue weighted by molar-refractivity contribution is -0.137. The molecule has 1 aromatic carbocycles. The van der Waals surface area contributed by atoms with Gasteiger partial charge in [0.05, 0.1) is 11.3 Å². The summed E-state index contributed by atoms with van der Waals surface area (Å²) in [4.78, 5) is 32.5. The van der Waals surface area contributed by atoms with Crippen molar-refractivity contribution in [2.75, 3.05) is 36.4 Å².